The number of thioether (sulfide) groups is 1. The fourth-order valence-corrected chi connectivity index (χ4v) is 3.73. The lowest BCUT2D eigenvalue weighted by molar-refractivity contribution is 0.153. The van der Waals surface area contributed by atoms with E-state index in [1.54, 1.807) is 0 Å². The summed E-state index contributed by atoms with van der Waals surface area (Å²) in [6.45, 7) is 6.36. The van der Waals surface area contributed by atoms with Gasteiger partial charge < -0.3 is 5.32 Å². The van der Waals surface area contributed by atoms with Crippen LogP contribution in [0.2, 0.25) is 0 Å². The van der Waals surface area contributed by atoms with Crippen molar-refractivity contribution in [2.75, 3.05) is 25.4 Å². The second-order valence-electron chi connectivity index (χ2n) is 5.55. The standard InChI is InChI=1S/C18H23N3S.ClH/c1-2-22-17-5-3-4-15(12-17)14-21-11-10-20-13-18(21)16-6-8-19-9-7-16;/h3-9,12,18,20H,2,10-11,13-14H2,1H3;1H. The minimum atomic E-state index is 0. The van der Waals surface area contributed by atoms with Gasteiger partial charge in [0, 0.05) is 49.5 Å². The summed E-state index contributed by atoms with van der Waals surface area (Å²) in [6, 6.07) is 13.7. The second kappa shape index (κ2) is 9.28. The average molecular weight is 350 g/mol. The maximum Gasteiger partial charge on any atom is 0.0477 e. The highest BCUT2D eigenvalue weighted by Crippen LogP contribution is 2.25. The summed E-state index contributed by atoms with van der Waals surface area (Å²) in [5.74, 6) is 1.12. The molecule has 1 atom stereocenters. The van der Waals surface area contributed by atoms with Gasteiger partial charge in [0.15, 0.2) is 0 Å². The van der Waals surface area contributed by atoms with Crippen molar-refractivity contribution in [2.24, 2.45) is 0 Å². The third-order valence-corrected chi connectivity index (χ3v) is 4.92. The molecule has 1 unspecified atom stereocenters. The molecule has 2 aromatic rings. The lowest BCUT2D eigenvalue weighted by Crippen LogP contribution is -2.45. The molecular weight excluding hydrogens is 326 g/mol. The number of hydrogen-bond donors (Lipinski definition) is 1. The van der Waals surface area contributed by atoms with E-state index >= 15 is 0 Å². The van der Waals surface area contributed by atoms with E-state index in [0.29, 0.717) is 6.04 Å². The lowest BCUT2D eigenvalue weighted by Gasteiger charge is -2.36. The molecule has 1 fully saturated rings. The third-order valence-electron chi connectivity index (χ3n) is 4.04. The minimum absolute atomic E-state index is 0. The Kier molecular flexibility index (Phi) is 7.37. The normalized spacial score (nSPS) is 18.4. The van der Waals surface area contributed by atoms with E-state index in [-0.39, 0.29) is 12.4 Å². The van der Waals surface area contributed by atoms with E-state index < -0.39 is 0 Å². The molecule has 0 aliphatic carbocycles. The largest absolute Gasteiger partial charge is 0.314 e. The van der Waals surface area contributed by atoms with Gasteiger partial charge >= 0.3 is 0 Å². The van der Waals surface area contributed by atoms with Crippen LogP contribution in [0.25, 0.3) is 0 Å². The Hall–Kier alpha value is -1.07. The molecular formula is C18H24ClN3S. The van der Waals surface area contributed by atoms with Gasteiger partial charge in [0.2, 0.25) is 0 Å². The van der Waals surface area contributed by atoms with Crippen molar-refractivity contribution in [3.05, 3.63) is 59.9 Å². The number of halogens is 1. The zero-order valence-corrected chi connectivity index (χ0v) is 15.1. The van der Waals surface area contributed by atoms with Crippen LogP contribution in [0.1, 0.15) is 24.1 Å². The van der Waals surface area contributed by atoms with Crippen molar-refractivity contribution in [2.45, 2.75) is 24.4 Å². The van der Waals surface area contributed by atoms with E-state index in [1.807, 2.05) is 24.2 Å². The van der Waals surface area contributed by atoms with Crippen LogP contribution in [0.3, 0.4) is 0 Å². The molecule has 1 aromatic heterocycles. The molecule has 3 rings (SSSR count). The lowest BCUT2D eigenvalue weighted by atomic mass is 10.0. The summed E-state index contributed by atoms with van der Waals surface area (Å²) in [5.41, 5.74) is 2.75. The van der Waals surface area contributed by atoms with Gasteiger partial charge in [-0.3, -0.25) is 9.88 Å². The Labute approximate surface area is 149 Å². The van der Waals surface area contributed by atoms with Crippen LogP contribution in [0, 0.1) is 0 Å². The van der Waals surface area contributed by atoms with Crippen LogP contribution in [0.4, 0.5) is 0 Å². The van der Waals surface area contributed by atoms with Gasteiger partial charge in [-0.25, -0.2) is 0 Å². The number of nitrogens with one attached hydrogen (secondary N) is 1. The molecule has 1 saturated heterocycles. The summed E-state index contributed by atoms with van der Waals surface area (Å²) < 4.78 is 0. The topological polar surface area (TPSA) is 28.2 Å². The van der Waals surface area contributed by atoms with Crippen LogP contribution < -0.4 is 5.32 Å². The van der Waals surface area contributed by atoms with Crippen LogP contribution >= 0.6 is 24.2 Å². The van der Waals surface area contributed by atoms with Crippen molar-refractivity contribution in [3.8, 4) is 0 Å². The Morgan fingerprint density at radius 2 is 2.09 bits per heavy atom. The predicted octanol–water partition coefficient (Wildman–Crippen LogP) is 3.76. The summed E-state index contributed by atoms with van der Waals surface area (Å²) in [5, 5.41) is 3.51. The molecule has 1 aliphatic heterocycles. The predicted molar refractivity (Wildman–Crippen MR) is 100 cm³/mol. The zero-order chi connectivity index (χ0) is 15.2. The van der Waals surface area contributed by atoms with E-state index in [0.717, 1.165) is 31.9 Å². The van der Waals surface area contributed by atoms with Gasteiger partial charge in [-0.15, -0.1) is 24.2 Å². The first-order chi connectivity index (χ1) is 10.9. The number of hydrogen-bond acceptors (Lipinski definition) is 4. The maximum absolute atomic E-state index is 4.14. The molecule has 0 spiro atoms. The van der Waals surface area contributed by atoms with Crippen molar-refractivity contribution < 1.29 is 0 Å². The van der Waals surface area contributed by atoms with Gasteiger partial charge in [-0.05, 0) is 41.1 Å². The van der Waals surface area contributed by atoms with Crippen LogP contribution in [-0.4, -0.2) is 35.3 Å². The number of piperazine rings is 1. The molecule has 1 aromatic carbocycles. The van der Waals surface area contributed by atoms with Crippen LogP contribution in [0.15, 0.2) is 53.7 Å². The van der Waals surface area contributed by atoms with Gasteiger partial charge in [0.1, 0.15) is 0 Å². The van der Waals surface area contributed by atoms with E-state index in [4.69, 9.17) is 0 Å². The molecule has 23 heavy (non-hydrogen) atoms. The molecule has 3 nitrogen and oxygen atoms in total. The Balaban J connectivity index is 0.00000192. The smallest absolute Gasteiger partial charge is 0.0477 e. The first-order valence-electron chi connectivity index (χ1n) is 7.93. The van der Waals surface area contributed by atoms with Crippen LogP contribution in [-0.2, 0) is 6.54 Å². The van der Waals surface area contributed by atoms with Crippen LogP contribution in [0.5, 0.6) is 0 Å². The van der Waals surface area contributed by atoms with E-state index in [1.165, 1.54) is 16.0 Å². The summed E-state index contributed by atoms with van der Waals surface area (Å²) in [7, 11) is 0. The molecule has 0 radical (unpaired) electrons. The fraction of sp³-hybridized carbons (Fsp3) is 0.389. The first-order valence-corrected chi connectivity index (χ1v) is 8.92. The van der Waals surface area contributed by atoms with Gasteiger partial charge in [0.25, 0.3) is 0 Å². The van der Waals surface area contributed by atoms with Crippen molar-refractivity contribution in [3.63, 3.8) is 0 Å². The molecule has 1 N–H and O–H groups in total. The SMILES string of the molecule is CCSc1cccc(CN2CCNCC2c2ccncc2)c1.Cl. The summed E-state index contributed by atoms with van der Waals surface area (Å²) >= 11 is 1.91. The molecule has 124 valence electrons. The first kappa shape index (κ1) is 18.3. The monoisotopic (exact) mass is 349 g/mol. The molecule has 0 amide bonds. The summed E-state index contributed by atoms with van der Waals surface area (Å²) in [4.78, 5) is 8.08. The van der Waals surface area contributed by atoms with E-state index in [2.05, 4.69) is 58.5 Å². The average Bonchev–Trinajstić information content (AvgIpc) is 2.57. The van der Waals surface area contributed by atoms with Gasteiger partial charge in [0.05, 0.1) is 0 Å². The Bertz CT molecular complexity index is 594. The number of rotatable bonds is 5. The second-order valence-corrected chi connectivity index (χ2v) is 6.89. The Morgan fingerprint density at radius 3 is 2.87 bits per heavy atom. The van der Waals surface area contributed by atoms with Gasteiger partial charge in [-0.2, -0.15) is 0 Å². The van der Waals surface area contributed by atoms with Gasteiger partial charge in [-0.1, -0.05) is 19.1 Å². The Morgan fingerprint density at radius 1 is 1.26 bits per heavy atom. The highest BCUT2D eigenvalue weighted by atomic mass is 35.5. The van der Waals surface area contributed by atoms with Crippen molar-refractivity contribution in [1.82, 2.24) is 15.2 Å². The van der Waals surface area contributed by atoms with E-state index in [9.17, 15) is 0 Å². The molecule has 1 aliphatic rings. The maximum atomic E-state index is 4.14. The van der Waals surface area contributed by atoms with Crippen molar-refractivity contribution >= 4 is 24.2 Å². The molecule has 0 saturated carbocycles. The van der Waals surface area contributed by atoms with Crippen molar-refractivity contribution in [1.29, 1.82) is 0 Å². The molecule has 5 heteroatoms. The molecule has 0 bridgehead atoms. The fourth-order valence-electron chi connectivity index (χ4n) is 2.98. The highest BCUT2D eigenvalue weighted by molar-refractivity contribution is 7.99. The number of aromatic nitrogens is 1. The molecule has 2 heterocycles. The number of benzene rings is 1. The zero-order valence-electron chi connectivity index (χ0n) is 13.4. The number of pyridine rings is 1. The number of nitrogens with zero attached hydrogens (tertiary/aromatic N) is 2. The quantitative estimate of drug-likeness (QED) is 0.832. The third kappa shape index (κ3) is 4.95. The summed E-state index contributed by atoms with van der Waals surface area (Å²) in [6.07, 6.45) is 3.78. The highest BCUT2D eigenvalue weighted by Gasteiger charge is 2.23. The minimum Gasteiger partial charge on any atom is -0.314 e.